The molecule has 0 saturated heterocycles. The van der Waals surface area contributed by atoms with Gasteiger partial charge in [-0.2, -0.15) is 0 Å². The lowest BCUT2D eigenvalue weighted by molar-refractivity contribution is -0.758. The Morgan fingerprint density at radius 3 is 2.45 bits per heavy atom. The van der Waals surface area contributed by atoms with Crippen LogP contribution in [0, 0.1) is 4.91 Å². The molecule has 0 aromatic carbocycles. The zero-order valence-corrected chi connectivity index (χ0v) is 8.38. The first kappa shape index (κ1) is 10.4. The van der Waals surface area contributed by atoms with E-state index in [1.54, 1.807) is 19.1 Å². The average molecular weight is 221 g/mol. The van der Waals surface area contributed by atoms with E-state index in [1.807, 2.05) is 6.92 Å². The highest BCUT2D eigenvalue weighted by molar-refractivity contribution is 9.11. The molecule has 0 spiro atoms. The molecule has 0 aromatic heterocycles. The maximum Gasteiger partial charge on any atom is 0.313 e. The van der Waals surface area contributed by atoms with E-state index in [0.717, 1.165) is 4.48 Å². The van der Waals surface area contributed by atoms with E-state index in [1.165, 1.54) is 7.11 Å². The van der Waals surface area contributed by atoms with Crippen LogP contribution in [0.2, 0.25) is 0 Å². The van der Waals surface area contributed by atoms with Crippen molar-refractivity contribution >= 4 is 15.9 Å². The fourth-order valence-electron chi connectivity index (χ4n) is 0.551. The van der Waals surface area contributed by atoms with Gasteiger partial charge in [-0.3, -0.25) is 0 Å². The van der Waals surface area contributed by atoms with Crippen LogP contribution in [0.1, 0.15) is 13.8 Å². The fraction of sp³-hybridized carbons (Fsp3) is 0.429. The number of hydrogen-bond donors (Lipinski definition) is 0. The summed E-state index contributed by atoms with van der Waals surface area (Å²) in [5.74, 6) is 0. The Morgan fingerprint density at radius 2 is 2.18 bits per heavy atom. The molecule has 0 saturated carbocycles. The van der Waals surface area contributed by atoms with E-state index < -0.39 is 0 Å². The molecule has 0 fully saturated rings. The van der Waals surface area contributed by atoms with Crippen LogP contribution in [0.4, 0.5) is 0 Å². The van der Waals surface area contributed by atoms with Gasteiger partial charge in [-0.05, 0) is 24.4 Å². The van der Waals surface area contributed by atoms with Crippen molar-refractivity contribution in [3.05, 3.63) is 27.2 Å². The molecule has 0 aliphatic rings. The fourth-order valence-corrected chi connectivity index (χ4v) is 0.785. The molecule has 0 rings (SSSR count). The highest BCUT2D eigenvalue weighted by Crippen LogP contribution is 2.08. The summed E-state index contributed by atoms with van der Waals surface area (Å²) in [7, 11) is 1.33. The van der Waals surface area contributed by atoms with Crippen molar-refractivity contribution in [1.29, 1.82) is 0 Å². The zero-order chi connectivity index (χ0) is 8.85. The first-order valence-electron chi connectivity index (χ1n) is 3.13. The van der Waals surface area contributed by atoms with Crippen LogP contribution in [-0.4, -0.2) is 12.0 Å². The molecule has 0 amide bonds. The third-order valence-electron chi connectivity index (χ3n) is 1.02. The maximum atomic E-state index is 10.8. The lowest BCUT2D eigenvalue weighted by Crippen LogP contribution is -2.03. The average Bonchev–Trinajstić information content (AvgIpc) is 1.98. The van der Waals surface area contributed by atoms with Crippen molar-refractivity contribution in [3.8, 4) is 0 Å². The molecule has 0 heterocycles. The molecular weight excluding hydrogens is 210 g/mol. The van der Waals surface area contributed by atoms with Crippen LogP contribution >= 0.6 is 15.9 Å². The van der Waals surface area contributed by atoms with Gasteiger partial charge in [0.15, 0.2) is 7.11 Å². The van der Waals surface area contributed by atoms with Crippen LogP contribution in [0.15, 0.2) is 22.3 Å². The van der Waals surface area contributed by atoms with Gasteiger partial charge in [0.1, 0.15) is 0 Å². The molecule has 4 heteroatoms. The molecule has 0 unspecified atom stereocenters. The van der Waals surface area contributed by atoms with Crippen molar-refractivity contribution in [2.24, 2.45) is 0 Å². The van der Waals surface area contributed by atoms with E-state index in [0.29, 0.717) is 10.6 Å². The Hall–Kier alpha value is -0.640. The Bertz CT molecular complexity index is 204. The minimum absolute atomic E-state index is 0.449. The van der Waals surface area contributed by atoms with Gasteiger partial charge in [0.2, 0.25) is 0 Å². The van der Waals surface area contributed by atoms with Gasteiger partial charge in [0.05, 0.1) is 4.91 Å². The summed E-state index contributed by atoms with van der Waals surface area (Å²) >= 11 is 3.21. The number of rotatable bonds is 3. The summed E-state index contributed by atoms with van der Waals surface area (Å²) < 4.78 is 0.878. The Labute approximate surface area is 74.4 Å². The van der Waals surface area contributed by atoms with E-state index in [4.69, 9.17) is 0 Å². The standard InChI is InChI=1S/C7H11BrNO2/c1-4-7(5-6(2)8)9(10)11-3/h4-5H,1-3H3/q+1/b6-5+,7-4+. The normalized spacial score (nSPS) is 13.1. The van der Waals surface area contributed by atoms with Gasteiger partial charge in [0.25, 0.3) is 4.92 Å². The molecule has 0 bridgehead atoms. The Balaban J connectivity index is 4.45. The zero-order valence-electron chi connectivity index (χ0n) is 6.80. The van der Waals surface area contributed by atoms with E-state index in [-0.39, 0.29) is 0 Å². The SMILES string of the molecule is C/C=C(\C=C(/C)Br)[N+](=O)OC. The number of allylic oxidation sites excluding steroid dienone is 3. The number of hydrogen-bond acceptors (Lipinski definition) is 2. The highest BCUT2D eigenvalue weighted by atomic mass is 79.9. The number of halogens is 1. The van der Waals surface area contributed by atoms with Crippen LogP contribution in [0.3, 0.4) is 0 Å². The smallest absolute Gasteiger partial charge is 0.230 e. The highest BCUT2D eigenvalue weighted by Gasteiger charge is 2.13. The Kier molecular flexibility index (Phi) is 4.77. The molecule has 0 N–H and O–H groups in total. The van der Waals surface area contributed by atoms with Gasteiger partial charge >= 0.3 is 5.70 Å². The van der Waals surface area contributed by atoms with Crippen molar-refractivity contribution in [2.75, 3.05) is 7.11 Å². The van der Waals surface area contributed by atoms with Crippen LogP contribution in [0.25, 0.3) is 0 Å². The van der Waals surface area contributed by atoms with Crippen molar-refractivity contribution in [3.63, 3.8) is 0 Å². The van der Waals surface area contributed by atoms with E-state index in [2.05, 4.69) is 20.8 Å². The van der Waals surface area contributed by atoms with E-state index >= 15 is 0 Å². The molecule has 0 radical (unpaired) electrons. The van der Waals surface area contributed by atoms with Crippen molar-refractivity contribution < 1.29 is 9.76 Å². The first-order valence-corrected chi connectivity index (χ1v) is 3.92. The number of nitrogens with zero attached hydrogens (tertiary/aromatic N) is 1. The van der Waals surface area contributed by atoms with Crippen molar-refractivity contribution in [1.82, 2.24) is 0 Å². The molecule has 0 aromatic rings. The van der Waals surface area contributed by atoms with Crippen LogP contribution in [0.5, 0.6) is 0 Å². The second-order valence-corrected chi connectivity index (χ2v) is 3.14. The molecule has 62 valence electrons. The quantitative estimate of drug-likeness (QED) is 0.541. The Morgan fingerprint density at radius 1 is 1.64 bits per heavy atom. The second kappa shape index (κ2) is 5.07. The summed E-state index contributed by atoms with van der Waals surface area (Å²) in [6.07, 6.45) is 3.34. The lowest BCUT2D eigenvalue weighted by atomic mass is 10.4. The van der Waals surface area contributed by atoms with Gasteiger partial charge < -0.3 is 0 Å². The third-order valence-corrected chi connectivity index (χ3v) is 1.25. The topological polar surface area (TPSA) is 29.3 Å². The molecule has 0 atom stereocenters. The molecule has 3 nitrogen and oxygen atoms in total. The van der Waals surface area contributed by atoms with Crippen molar-refractivity contribution in [2.45, 2.75) is 13.8 Å². The van der Waals surface area contributed by atoms with Gasteiger partial charge in [-0.15, -0.1) is 0 Å². The summed E-state index contributed by atoms with van der Waals surface area (Å²) in [6, 6.07) is 0. The third kappa shape index (κ3) is 3.93. The second-order valence-electron chi connectivity index (χ2n) is 1.88. The van der Waals surface area contributed by atoms with Gasteiger partial charge in [0, 0.05) is 6.08 Å². The summed E-state index contributed by atoms with van der Waals surface area (Å²) in [4.78, 5) is 15.7. The molecule has 0 aliphatic heterocycles. The van der Waals surface area contributed by atoms with Crippen LogP contribution in [-0.2, 0) is 4.84 Å². The minimum Gasteiger partial charge on any atom is -0.230 e. The largest absolute Gasteiger partial charge is 0.313 e. The van der Waals surface area contributed by atoms with Gasteiger partial charge in [-0.1, -0.05) is 15.9 Å². The first-order chi connectivity index (χ1) is 5.11. The summed E-state index contributed by atoms with van der Waals surface area (Å²) in [5.41, 5.74) is 0.474. The predicted octanol–water partition coefficient (Wildman–Crippen LogP) is 2.53. The molecular formula is C7H11BrNO2+. The maximum absolute atomic E-state index is 10.8. The summed E-state index contributed by atoms with van der Waals surface area (Å²) in [5, 5.41) is 0. The monoisotopic (exact) mass is 220 g/mol. The summed E-state index contributed by atoms with van der Waals surface area (Å²) in [6.45, 7) is 3.61. The molecule has 0 aliphatic carbocycles. The van der Waals surface area contributed by atoms with Gasteiger partial charge in [-0.25, -0.2) is 4.84 Å². The van der Waals surface area contributed by atoms with Crippen LogP contribution < -0.4 is 0 Å². The minimum atomic E-state index is 0.449. The lowest BCUT2D eigenvalue weighted by Gasteiger charge is -1.87. The van der Waals surface area contributed by atoms with E-state index in [9.17, 15) is 4.91 Å². The molecule has 11 heavy (non-hydrogen) atoms. The predicted molar refractivity (Wildman–Crippen MR) is 47.1 cm³/mol.